The number of fused-ring (bicyclic) bond motifs is 2. The van der Waals surface area contributed by atoms with Crippen LogP contribution in [0, 0.1) is 17.5 Å². The Morgan fingerprint density at radius 2 is 1.94 bits per heavy atom. The van der Waals surface area contributed by atoms with Crippen LogP contribution in [0.25, 0.3) is 0 Å². The first-order valence-corrected chi connectivity index (χ1v) is 10.4. The summed E-state index contributed by atoms with van der Waals surface area (Å²) in [5.41, 5.74) is -1.76. The number of halogens is 3. The monoisotopic (exact) mass is 465 g/mol. The molecule has 0 saturated carbocycles. The number of carbonyl (C=O) groups is 2. The van der Waals surface area contributed by atoms with Gasteiger partial charge in [-0.25, -0.2) is 13.2 Å². The number of carbonyl (C=O) groups excluding carboxylic acids is 2. The number of pyridine rings is 1. The molecule has 4 rings (SSSR count). The van der Waals surface area contributed by atoms with Gasteiger partial charge >= 0.3 is 0 Å². The van der Waals surface area contributed by atoms with Gasteiger partial charge in [0, 0.05) is 37.0 Å². The van der Waals surface area contributed by atoms with E-state index >= 15 is 0 Å². The number of hydrogen-bond acceptors (Lipinski definition) is 5. The van der Waals surface area contributed by atoms with Crippen molar-refractivity contribution in [1.29, 1.82) is 0 Å². The normalized spacial score (nSPS) is 19.7. The van der Waals surface area contributed by atoms with Gasteiger partial charge in [-0.2, -0.15) is 0 Å². The van der Waals surface area contributed by atoms with E-state index in [2.05, 4.69) is 5.32 Å². The molecule has 2 atom stereocenters. The molecule has 1 aromatic heterocycles. The zero-order valence-corrected chi connectivity index (χ0v) is 18.0. The highest BCUT2D eigenvalue weighted by Gasteiger charge is 2.40. The molecule has 2 amide bonds. The van der Waals surface area contributed by atoms with Crippen LogP contribution in [0.3, 0.4) is 0 Å². The summed E-state index contributed by atoms with van der Waals surface area (Å²) in [5.74, 6) is -5.11. The predicted octanol–water partition coefficient (Wildman–Crippen LogP) is 2.18. The summed E-state index contributed by atoms with van der Waals surface area (Å²) in [5, 5.41) is 2.26. The quantitative estimate of drug-likeness (QED) is 0.731. The highest BCUT2D eigenvalue weighted by molar-refractivity contribution is 5.99. The lowest BCUT2D eigenvalue weighted by molar-refractivity contribution is -0.134. The van der Waals surface area contributed by atoms with Gasteiger partial charge in [-0.15, -0.1) is 0 Å². The van der Waals surface area contributed by atoms with Crippen molar-refractivity contribution in [3.05, 3.63) is 62.8 Å². The van der Waals surface area contributed by atoms with Gasteiger partial charge in [0.2, 0.25) is 5.43 Å². The van der Waals surface area contributed by atoms with E-state index in [1.165, 1.54) is 22.8 Å². The Hall–Kier alpha value is -3.34. The third kappa shape index (κ3) is 4.08. The fourth-order valence-electron chi connectivity index (χ4n) is 4.13. The minimum atomic E-state index is -1.17. The third-order valence-electron chi connectivity index (χ3n) is 5.88. The second-order valence-electron chi connectivity index (χ2n) is 7.84. The molecular weight excluding hydrogens is 443 g/mol. The van der Waals surface area contributed by atoms with Gasteiger partial charge < -0.3 is 24.3 Å². The second-order valence-corrected chi connectivity index (χ2v) is 7.84. The summed E-state index contributed by atoms with van der Waals surface area (Å²) in [6.45, 7) is 2.01. The van der Waals surface area contributed by atoms with Crippen LogP contribution in [-0.4, -0.2) is 47.3 Å². The summed E-state index contributed by atoms with van der Waals surface area (Å²) < 4.78 is 53.4. The van der Waals surface area contributed by atoms with Crippen molar-refractivity contribution in [2.24, 2.45) is 0 Å². The van der Waals surface area contributed by atoms with Crippen molar-refractivity contribution < 1.29 is 32.2 Å². The topological polar surface area (TPSA) is 89.9 Å². The molecule has 2 aromatic rings. The maximum absolute atomic E-state index is 13.9. The Morgan fingerprint density at radius 3 is 2.58 bits per heavy atom. The summed E-state index contributed by atoms with van der Waals surface area (Å²) in [4.78, 5) is 40.2. The van der Waals surface area contributed by atoms with E-state index in [1.54, 1.807) is 0 Å². The number of rotatable bonds is 5. The number of ether oxygens (including phenoxy) is 2. The van der Waals surface area contributed by atoms with E-state index in [-0.39, 0.29) is 29.7 Å². The van der Waals surface area contributed by atoms with Crippen molar-refractivity contribution in [3.63, 3.8) is 0 Å². The molecule has 0 radical (unpaired) electrons. The number of benzene rings is 1. The molecule has 3 heterocycles. The zero-order valence-electron chi connectivity index (χ0n) is 18.0. The van der Waals surface area contributed by atoms with E-state index < -0.39 is 53.0 Å². The Balaban J connectivity index is 1.65. The zero-order chi connectivity index (χ0) is 23.9. The molecule has 11 heteroatoms. The van der Waals surface area contributed by atoms with Gasteiger partial charge in [0.05, 0.1) is 19.8 Å². The van der Waals surface area contributed by atoms with Crippen molar-refractivity contribution in [3.8, 4) is 5.75 Å². The van der Waals surface area contributed by atoms with E-state index in [4.69, 9.17) is 9.47 Å². The molecule has 1 aromatic carbocycles. The van der Waals surface area contributed by atoms with E-state index in [0.29, 0.717) is 25.1 Å². The maximum Gasteiger partial charge on any atom is 0.276 e. The lowest BCUT2D eigenvalue weighted by Gasteiger charge is -2.43. The molecule has 176 valence electrons. The molecule has 2 aliphatic rings. The molecule has 8 nitrogen and oxygen atoms in total. The highest BCUT2D eigenvalue weighted by Crippen LogP contribution is 2.29. The van der Waals surface area contributed by atoms with Crippen LogP contribution in [0.2, 0.25) is 0 Å². The van der Waals surface area contributed by atoms with E-state index in [0.717, 1.165) is 6.42 Å². The van der Waals surface area contributed by atoms with E-state index in [9.17, 15) is 27.6 Å². The summed E-state index contributed by atoms with van der Waals surface area (Å²) in [6.07, 6.45) is 2.09. The molecule has 0 spiro atoms. The van der Waals surface area contributed by atoms with Crippen molar-refractivity contribution >= 4 is 11.8 Å². The smallest absolute Gasteiger partial charge is 0.276 e. The van der Waals surface area contributed by atoms with Crippen LogP contribution < -0.4 is 15.5 Å². The number of hydrogen-bond donors (Lipinski definition) is 1. The third-order valence-corrected chi connectivity index (χ3v) is 5.88. The van der Waals surface area contributed by atoms with Crippen LogP contribution in [-0.2, 0) is 17.8 Å². The molecule has 1 N–H and O–H groups in total. The predicted molar refractivity (Wildman–Crippen MR) is 109 cm³/mol. The van der Waals surface area contributed by atoms with Gasteiger partial charge in [-0.05, 0) is 12.8 Å². The summed E-state index contributed by atoms with van der Waals surface area (Å²) in [6, 6.07) is 0.985. The fourth-order valence-corrected chi connectivity index (χ4v) is 4.13. The SMILES string of the molecule is CCC1CCN2C(=O)c3c(OC)c(=O)c(C(=O)NCc4c(F)cc(F)cc4F)cn3CC2O1. The number of amides is 2. The Bertz CT molecular complexity index is 1160. The van der Waals surface area contributed by atoms with Crippen molar-refractivity contribution in [2.45, 2.75) is 45.2 Å². The molecular formula is C22H22F3N3O5. The Labute approximate surface area is 186 Å². The lowest BCUT2D eigenvalue weighted by Crippen LogP contribution is -2.55. The Kier molecular flexibility index (Phi) is 6.15. The van der Waals surface area contributed by atoms with E-state index in [1.807, 2.05) is 6.92 Å². The summed E-state index contributed by atoms with van der Waals surface area (Å²) >= 11 is 0. The molecule has 33 heavy (non-hydrogen) atoms. The van der Waals surface area contributed by atoms with Crippen LogP contribution in [0.1, 0.15) is 46.2 Å². The number of aromatic nitrogens is 1. The largest absolute Gasteiger partial charge is 0.491 e. The van der Waals surface area contributed by atoms with Gasteiger partial charge in [0.1, 0.15) is 23.0 Å². The highest BCUT2D eigenvalue weighted by atomic mass is 19.1. The molecule has 2 aliphatic heterocycles. The first-order valence-electron chi connectivity index (χ1n) is 10.4. The van der Waals surface area contributed by atoms with Crippen LogP contribution in [0.4, 0.5) is 13.2 Å². The van der Waals surface area contributed by atoms with Crippen molar-refractivity contribution in [2.75, 3.05) is 13.7 Å². The van der Waals surface area contributed by atoms with Gasteiger partial charge in [0.15, 0.2) is 17.7 Å². The average Bonchev–Trinajstić information content (AvgIpc) is 2.78. The van der Waals surface area contributed by atoms with Gasteiger partial charge in [0.25, 0.3) is 11.8 Å². The minimum absolute atomic E-state index is 0.00414. The van der Waals surface area contributed by atoms with Crippen LogP contribution >= 0.6 is 0 Å². The molecule has 0 aliphatic carbocycles. The first kappa shape index (κ1) is 22.8. The number of methoxy groups -OCH3 is 1. The van der Waals surface area contributed by atoms with Gasteiger partial charge in [-0.3, -0.25) is 14.4 Å². The second kappa shape index (κ2) is 8.89. The minimum Gasteiger partial charge on any atom is -0.491 e. The average molecular weight is 465 g/mol. The van der Waals surface area contributed by atoms with Crippen LogP contribution in [0.15, 0.2) is 23.1 Å². The fraction of sp³-hybridized carbons (Fsp3) is 0.409. The van der Waals surface area contributed by atoms with Crippen LogP contribution in [0.5, 0.6) is 5.75 Å². The summed E-state index contributed by atoms with van der Waals surface area (Å²) in [7, 11) is 1.21. The van der Waals surface area contributed by atoms with Crippen molar-refractivity contribution in [1.82, 2.24) is 14.8 Å². The Morgan fingerprint density at radius 1 is 1.24 bits per heavy atom. The first-order chi connectivity index (χ1) is 15.7. The molecule has 0 bridgehead atoms. The lowest BCUT2D eigenvalue weighted by atomic mass is 10.1. The molecule has 1 saturated heterocycles. The van der Waals surface area contributed by atoms with Gasteiger partial charge in [-0.1, -0.05) is 6.92 Å². The standard InChI is InChI=1S/C22H22F3N3O5/c1-3-12-4-5-28-17(33-12)10-27-9-14(19(29)20(32-2)18(27)22(28)31)21(30)26-8-13-15(24)6-11(23)7-16(13)25/h6-7,9,12,17H,3-5,8,10H2,1-2H3,(H,26,30). The molecule has 2 unspecified atom stereocenters. The molecule has 1 fully saturated rings. The maximum atomic E-state index is 13.9. The number of nitrogens with zero attached hydrogens (tertiary/aromatic N) is 2. The number of nitrogens with one attached hydrogen (secondary N) is 1.